The summed E-state index contributed by atoms with van der Waals surface area (Å²) < 4.78 is 0. The molecule has 0 radical (unpaired) electrons. The van der Waals surface area contributed by atoms with Gasteiger partial charge in [-0.05, 0) is 91.5 Å². The first-order chi connectivity index (χ1) is 25.3. The fraction of sp³-hybridized carbons (Fsp3) is 0. The van der Waals surface area contributed by atoms with E-state index in [-0.39, 0.29) is 0 Å². The van der Waals surface area contributed by atoms with Crippen LogP contribution in [0.15, 0.2) is 212 Å². The third-order valence-electron chi connectivity index (χ3n) is 9.86. The van der Waals surface area contributed by atoms with Crippen molar-refractivity contribution in [3.05, 3.63) is 212 Å². The van der Waals surface area contributed by atoms with Gasteiger partial charge in [-0.25, -0.2) is 0 Å². The van der Waals surface area contributed by atoms with Crippen LogP contribution in [0.4, 0.5) is 17.1 Å². The van der Waals surface area contributed by atoms with Crippen LogP contribution in [-0.2, 0) is 0 Å². The quantitative estimate of drug-likeness (QED) is 0.166. The van der Waals surface area contributed by atoms with Crippen LogP contribution in [0.5, 0.6) is 0 Å². The van der Waals surface area contributed by atoms with Gasteiger partial charge >= 0.3 is 0 Å². The molecule has 0 aliphatic heterocycles. The van der Waals surface area contributed by atoms with Gasteiger partial charge in [0.15, 0.2) is 0 Å². The van der Waals surface area contributed by atoms with E-state index in [1.165, 1.54) is 66.1 Å². The zero-order valence-electron chi connectivity index (χ0n) is 28.2. The van der Waals surface area contributed by atoms with Crippen LogP contribution in [0.25, 0.3) is 66.1 Å². The van der Waals surface area contributed by atoms with Crippen LogP contribution in [0, 0.1) is 0 Å². The topological polar surface area (TPSA) is 3.24 Å². The van der Waals surface area contributed by atoms with Crippen molar-refractivity contribution in [3.63, 3.8) is 0 Å². The van der Waals surface area contributed by atoms with Crippen LogP contribution in [0.1, 0.15) is 0 Å². The molecule has 0 heterocycles. The van der Waals surface area contributed by atoms with E-state index in [1.807, 2.05) is 0 Å². The maximum absolute atomic E-state index is 2.42. The number of fused-ring (bicyclic) bond motifs is 2. The minimum Gasteiger partial charge on any atom is -0.309 e. The molecule has 240 valence electrons. The number of hydrogen-bond acceptors (Lipinski definition) is 1. The first kappa shape index (κ1) is 30.4. The third kappa shape index (κ3) is 5.86. The summed E-state index contributed by atoms with van der Waals surface area (Å²) in [6, 6.07) is 76.7. The van der Waals surface area contributed by atoms with Gasteiger partial charge in [-0.15, -0.1) is 0 Å². The molecule has 0 bridgehead atoms. The fourth-order valence-electron chi connectivity index (χ4n) is 7.37. The molecular formula is C50H35N. The van der Waals surface area contributed by atoms with Crippen LogP contribution < -0.4 is 4.90 Å². The zero-order valence-corrected chi connectivity index (χ0v) is 28.2. The molecule has 9 rings (SSSR count). The number of anilines is 3. The highest BCUT2D eigenvalue weighted by molar-refractivity contribution is 6.02. The Morgan fingerprint density at radius 2 is 0.706 bits per heavy atom. The van der Waals surface area contributed by atoms with Gasteiger partial charge in [0.25, 0.3) is 0 Å². The second-order valence-electron chi connectivity index (χ2n) is 13.0. The van der Waals surface area contributed by atoms with E-state index >= 15 is 0 Å². The molecule has 0 unspecified atom stereocenters. The van der Waals surface area contributed by atoms with Crippen molar-refractivity contribution in [2.75, 3.05) is 4.90 Å². The van der Waals surface area contributed by atoms with E-state index in [9.17, 15) is 0 Å². The Kier molecular flexibility index (Phi) is 7.92. The van der Waals surface area contributed by atoms with Crippen molar-refractivity contribution in [2.24, 2.45) is 0 Å². The summed E-state index contributed by atoms with van der Waals surface area (Å²) in [5.74, 6) is 0. The molecule has 0 aromatic heterocycles. The largest absolute Gasteiger partial charge is 0.309 e. The van der Waals surface area contributed by atoms with Crippen molar-refractivity contribution in [1.29, 1.82) is 0 Å². The second-order valence-corrected chi connectivity index (χ2v) is 13.0. The molecule has 0 aliphatic carbocycles. The van der Waals surface area contributed by atoms with Gasteiger partial charge in [-0.1, -0.05) is 176 Å². The van der Waals surface area contributed by atoms with Crippen LogP contribution in [0.3, 0.4) is 0 Å². The van der Waals surface area contributed by atoms with Crippen LogP contribution in [0.2, 0.25) is 0 Å². The summed E-state index contributed by atoms with van der Waals surface area (Å²) in [7, 11) is 0. The first-order valence-electron chi connectivity index (χ1n) is 17.5. The van der Waals surface area contributed by atoms with Gasteiger partial charge in [0.2, 0.25) is 0 Å². The predicted molar refractivity (Wildman–Crippen MR) is 218 cm³/mol. The highest BCUT2D eigenvalue weighted by atomic mass is 15.1. The minimum atomic E-state index is 1.10. The molecule has 0 atom stereocenters. The van der Waals surface area contributed by atoms with Gasteiger partial charge < -0.3 is 4.90 Å². The average Bonchev–Trinajstić information content (AvgIpc) is 3.22. The molecular weight excluding hydrogens is 615 g/mol. The van der Waals surface area contributed by atoms with E-state index in [1.54, 1.807) is 0 Å². The Hall–Kier alpha value is -6.70. The molecule has 0 spiro atoms. The van der Waals surface area contributed by atoms with Crippen molar-refractivity contribution in [2.45, 2.75) is 0 Å². The van der Waals surface area contributed by atoms with E-state index in [0.29, 0.717) is 0 Å². The van der Waals surface area contributed by atoms with Gasteiger partial charge in [-0.3, -0.25) is 0 Å². The van der Waals surface area contributed by atoms with Gasteiger partial charge in [-0.2, -0.15) is 0 Å². The second kappa shape index (κ2) is 13.3. The van der Waals surface area contributed by atoms with Crippen molar-refractivity contribution < 1.29 is 0 Å². The lowest BCUT2D eigenvalue weighted by atomic mass is 9.94. The van der Waals surface area contributed by atoms with Crippen LogP contribution in [-0.4, -0.2) is 0 Å². The van der Waals surface area contributed by atoms with Crippen molar-refractivity contribution in [1.82, 2.24) is 0 Å². The fourth-order valence-corrected chi connectivity index (χ4v) is 7.37. The first-order valence-corrected chi connectivity index (χ1v) is 17.5. The molecule has 0 saturated carbocycles. The summed E-state index contributed by atoms with van der Waals surface area (Å²) in [5.41, 5.74) is 13.0. The Balaban J connectivity index is 1.18. The molecule has 0 saturated heterocycles. The molecule has 0 N–H and O–H groups in total. The van der Waals surface area contributed by atoms with E-state index < -0.39 is 0 Å². The Labute approximate surface area is 299 Å². The Morgan fingerprint density at radius 1 is 0.255 bits per heavy atom. The van der Waals surface area contributed by atoms with Crippen molar-refractivity contribution >= 4 is 38.6 Å². The van der Waals surface area contributed by atoms with E-state index in [0.717, 1.165) is 17.1 Å². The third-order valence-corrected chi connectivity index (χ3v) is 9.86. The molecule has 0 amide bonds. The molecule has 51 heavy (non-hydrogen) atoms. The average molecular weight is 650 g/mol. The molecule has 9 aromatic rings. The summed E-state index contributed by atoms with van der Waals surface area (Å²) in [5, 5.41) is 4.93. The zero-order chi connectivity index (χ0) is 34.0. The number of hydrogen-bond donors (Lipinski definition) is 0. The normalized spacial score (nSPS) is 11.1. The smallest absolute Gasteiger partial charge is 0.0540 e. The van der Waals surface area contributed by atoms with E-state index in [2.05, 4.69) is 217 Å². The summed E-state index contributed by atoms with van der Waals surface area (Å²) in [6.45, 7) is 0. The SMILES string of the molecule is c1ccc(-c2cccc(-c3ccc(N(c4ccccc4-c4cccc(-c5cccc6ccccc56)c4)c4cccc5ccccc45)cc3)c2)cc1. The van der Waals surface area contributed by atoms with Gasteiger partial charge in [0.1, 0.15) is 0 Å². The lowest BCUT2D eigenvalue weighted by molar-refractivity contribution is 1.30. The van der Waals surface area contributed by atoms with Crippen LogP contribution >= 0.6 is 0 Å². The Bertz CT molecular complexity index is 2630. The molecule has 0 fully saturated rings. The standard InChI is InChI=1S/C50H35N/c1-2-14-36(15-3-1)40-20-10-21-41(34-40)37-30-32-44(33-31-37)51(50-29-13-19-39-17-5-7-25-47(39)50)49-28-9-8-26-48(49)43-23-11-22-42(35-43)46-27-12-18-38-16-4-6-24-45(38)46/h1-35H. The summed E-state index contributed by atoms with van der Waals surface area (Å²) >= 11 is 0. The molecule has 9 aromatic carbocycles. The minimum absolute atomic E-state index is 1.10. The number of para-hydroxylation sites is 1. The summed E-state index contributed by atoms with van der Waals surface area (Å²) in [4.78, 5) is 2.42. The maximum Gasteiger partial charge on any atom is 0.0540 e. The van der Waals surface area contributed by atoms with Gasteiger partial charge in [0.05, 0.1) is 11.4 Å². The monoisotopic (exact) mass is 649 g/mol. The number of nitrogens with zero attached hydrogens (tertiary/aromatic N) is 1. The maximum atomic E-state index is 2.42. The number of rotatable bonds is 7. The molecule has 1 heteroatoms. The predicted octanol–water partition coefficient (Wildman–Crippen LogP) is 14.1. The Morgan fingerprint density at radius 3 is 1.47 bits per heavy atom. The molecule has 0 aliphatic rings. The van der Waals surface area contributed by atoms with Crippen molar-refractivity contribution in [3.8, 4) is 44.5 Å². The summed E-state index contributed by atoms with van der Waals surface area (Å²) in [6.07, 6.45) is 0. The number of benzene rings is 9. The molecule has 1 nitrogen and oxygen atoms in total. The van der Waals surface area contributed by atoms with Gasteiger partial charge in [0, 0.05) is 16.6 Å². The highest BCUT2D eigenvalue weighted by Crippen LogP contribution is 2.44. The lowest BCUT2D eigenvalue weighted by Crippen LogP contribution is -2.11. The highest BCUT2D eigenvalue weighted by Gasteiger charge is 2.19. The van der Waals surface area contributed by atoms with E-state index in [4.69, 9.17) is 0 Å². The lowest BCUT2D eigenvalue weighted by Gasteiger charge is -2.29.